The van der Waals surface area contributed by atoms with E-state index in [1.807, 2.05) is 0 Å². The van der Waals surface area contributed by atoms with E-state index >= 15 is 0 Å². The molecule has 4 fully saturated rings. The van der Waals surface area contributed by atoms with Gasteiger partial charge < -0.3 is 15.0 Å². The van der Waals surface area contributed by atoms with E-state index in [1.54, 1.807) is 0 Å². The van der Waals surface area contributed by atoms with Crippen molar-refractivity contribution in [2.24, 2.45) is 23.0 Å². The van der Waals surface area contributed by atoms with Crippen molar-refractivity contribution in [2.75, 3.05) is 0 Å². The van der Waals surface area contributed by atoms with E-state index in [2.05, 4.69) is 27.7 Å². The molecule has 3 aliphatic carbocycles. The summed E-state index contributed by atoms with van der Waals surface area (Å²) in [6, 6.07) is 0. The smallest absolute Gasteiger partial charge is 0.404 e. The molecule has 2 bridgehead atoms. The SMILES string of the molecule is CC[C@H](N)B1OC2CC3CC(C3(C)C)[C@]2(C)O1. The molecule has 96 valence electrons. The van der Waals surface area contributed by atoms with Crippen molar-refractivity contribution in [1.29, 1.82) is 0 Å². The lowest BCUT2D eigenvalue weighted by atomic mass is 9.43. The number of hydrogen-bond acceptors (Lipinski definition) is 3. The second-order valence-electron chi connectivity index (χ2n) is 6.91. The monoisotopic (exact) mass is 237 g/mol. The fourth-order valence-electron chi connectivity index (χ4n) is 4.27. The molecule has 0 aromatic carbocycles. The summed E-state index contributed by atoms with van der Waals surface area (Å²) in [4.78, 5) is 0. The highest BCUT2D eigenvalue weighted by Crippen LogP contribution is 2.65. The first-order valence-corrected chi connectivity index (χ1v) is 6.98. The molecule has 0 amide bonds. The van der Waals surface area contributed by atoms with Gasteiger partial charge in [0.15, 0.2) is 0 Å². The van der Waals surface area contributed by atoms with Crippen LogP contribution in [0.15, 0.2) is 0 Å². The molecule has 3 saturated carbocycles. The van der Waals surface area contributed by atoms with E-state index in [0.29, 0.717) is 11.3 Å². The van der Waals surface area contributed by atoms with Crippen LogP contribution in [0.4, 0.5) is 0 Å². The number of rotatable bonds is 2. The fourth-order valence-corrected chi connectivity index (χ4v) is 4.27. The number of nitrogens with two attached hydrogens (primary N) is 1. The molecule has 4 rings (SSSR count). The predicted octanol–water partition coefficient (Wildman–Crippen LogP) is 1.99. The molecule has 17 heavy (non-hydrogen) atoms. The summed E-state index contributed by atoms with van der Waals surface area (Å²) in [5, 5.41) is 0. The first-order valence-electron chi connectivity index (χ1n) is 6.98. The Morgan fingerprint density at radius 1 is 1.35 bits per heavy atom. The molecule has 3 nitrogen and oxygen atoms in total. The maximum atomic E-state index is 6.24. The molecular weight excluding hydrogens is 213 g/mol. The quantitative estimate of drug-likeness (QED) is 0.747. The van der Waals surface area contributed by atoms with Gasteiger partial charge in [-0.05, 0) is 43.4 Å². The van der Waals surface area contributed by atoms with Crippen LogP contribution in [0.5, 0.6) is 0 Å². The molecule has 0 spiro atoms. The van der Waals surface area contributed by atoms with Crippen LogP contribution < -0.4 is 5.73 Å². The maximum absolute atomic E-state index is 6.24. The Morgan fingerprint density at radius 3 is 2.65 bits per heavy atom. The minimum absolute atomic E-state index is 0.0118. The Morgan fingerprint density at radius 2 is 2.06 bits per heavy atom. The van der Waals surface area contributed by atoms with Crippen molar-refractivity contribution in [3.8, 4) is 0 Å². The predicted molar refractivity (Wildman–Crippen MR) is 68.4 cm³/mol. The van der Waals surface area contributed by atoms with Crippen LogP contribution in [-0.2, 0) is 9.31 Å². The van der Waals surface area contributed by atoms with Gasteiger partial charge in [-0.15, -0.1) is 0 Å². The van der Waals surface area contributed by atoms with E-state index in [4.69, 9.17) is 15.0 Å². The average Bonchev–Trinajstić information content (AvgIpc) is 2.64. The summed E-state index contributed by atoms with van der Waals surface area (Å²) in [7, 11) is -0.190. The zero-order valence-electron chi connectivity index (χ0n) is 11.4. The minimum atomic E-state index is -0.190. The van der Waals surface area contributed by atoms with E-state index in [1.165, 1.54) is 6.42 Å². The molecule has 1 saturated heterocycles. The van der Waals surface area contributed by atoms with Crippen LogP contribution in [0.1, 0.15) is 47.0 Å². The van der Waals surface area contributed by atoms with E-state index in [0.717, 1.165) is 18.8 Å². The Hall–Kier alpha value is -0.0551. The Balaban J connectivity index is 1.82. The Bertz CT molecular complexity index is 335. The fraction of sp³-hybridized carbons (Fsp3) is 1.00. The van der Waals surface area contributed by atoms with Gasteiger partial charge in [0.25, 0.3) is 0 Å². The zero-order chi connectivity index (χ0) is 12.4. The van der Waals surface area contributed by atoms with Crippen LogP contribution in [-0.4, -0.2) is 24.8 Å². The van der Waals surface area contributed by atoms with E-state index in [-0.39, 0.29) is 24.8 Å². The third-order valence-corrected chi connectivity index (χ3v) is 5.79. The topological polar surface area (TPSA) is 44.5 Å². The second kappa shape index (κ2) is 3.49. The largest absolute Gasteiger partial charge is 0.475 e. The van der Waals surface area contributed by atoms with Crippen molar-refractivity contribution < 1.29 is 9.31 Å². The van der Waals surface area contributed by atoms with E-state index < -0.39 is 0 Å². The molecule has 1 aliphatic heterocycles. The highest BCUT2D eigenvalue weighted by atomic mass is 16.7. The molecular formula is C13H24BNO2. The minimum Gasteiger partial charge on any atom is -0.404 e. The van der Waals surface area contributed by atoms with Crippen LogP contribution in [0.2, 0.25) is 0 Å². The molecule has 3 unspecified atom stereocenters. The van der Waals surface area contributed by atoms with Crippen LogP contribution >= 0.6 is 0 Å². The zero-order valence-corrected chi connectivity index (χ0v) is 11.4. The van der Waals surface area contributed by atoms with Gasteiger partial charge in [-0.1, -0.05) is 20.8 Å². The maximum Gasteiger partial charge on any atom is 0.475 e. The van der Waals surface area contributed by atoms with Gasteiger partial charge in [0.2, 0.25) is 0 Å². The van der Waals surface area contributed by atoms with Crippen molar-refractivity contribution in [3.05, 3.63) is 0 Å². The average molecular weight is 237 g/mol. The summed E-state index contributed by atoms with van der Waals surface area (Å²) in [6.45, 7) is 9.08. The summed E-state index contributed by atoms with van der Waals surface area (Å²) < 4.78 is 12.3. The highest BCUT2D eigenvalue weighted by Gasteiger charge is 2.68. The van der Waals surface area contributed by atoms with Crippen molar-refractivity contribution in [1.82, 2.24) is 0 Å². The molecule has 4 heteroatoms. The third kappa shape index (κ3) is 1.41. The standard InChI is InChI=1S/C13H24BNO2/c1-5-11(15)14-16-10-7-8-6-9(12(8,2)3)13(10,4)17-14/h8-11H,5-7,15H2,1-4H3/t8?,9?,10?,11-,13-/m0/s1. The molecule has 0 aromatic rings. The Labute approximate surface area is 105 Å². The molecule has 5 atom stereocenters. The number of hydrogen-bond donors (Lipinski definition) is 1. The summed E-state index contributed by atoms with van der Waals surface area (Å²) in [5.41, 5.74) is 6.38. The third-order valence-electron chi connectivity index (χ3n) is 5.79. The first-order chi connectivity index (χ1) is 7.89. The summed E-state index contributed by atoms with van der Waals surface area (Å²) in [5.74, 6) is 1.45. The lowest BCUT2D eigenvalue weighted by Crippen LogP contribution is -2.65. The molecule has 4 aliphatic rings. The van der Waals surface area contributed by atoms with Gasteiger partial charge in [0.1, 0.15) is 0 Å². The summed E-state index contributed by atoms with van der Waals surface area (Å²) >= 11 is 0. The van der Waals surface area contributed by atoms with E-state index in [9.17, 15) is 0 Å². The van der Waals surface area contributed by atoms with Gasteiger partial charge >= 0.3 is 7.12 Å². The van der Waals surface area contributed by atoms with Gasteiger partial charge in [0.05, 0.1) is 11.7 Å². The normalized spacial score (nSPS) is 48.5. The van der Waals surface area contributed by atoms with Gasteiger partial charge in [0, 0.05) is 5.94 Å². The van der Waals surface area contributed by atoms with Gasteiger partial charge in [-0.3, -0.25) is 0 Å². The lowest BCUT2D eigenvalue weighted by molar-refractivity contribution is -0.199. The van der Waals surface area contributed by atoms with Crippen molar-refractivity contribution >= 4 is 7.12 Å². The van der Waals surface area contributed by atoms with Crippen LogP contribution in [0.25, 0.3) is 0 Å². The summed E-state index contributed by atoms with van der Waals surface area (Å²) in [6.07, 6.45) is 3.62. The Kier molecular flexibility index (Phi) is 2.46. The molecule has 0 radical (unpaired) electrons. The molecule has 1 heterocycles. The van der Waals surface area contributed by atoms with Crippen molar-refractivity contribution in [3.63, 3.8) is 0 Å². The van der Waals surface area contributed by atoms with Crippen LogP contribution in [0, 0.1) is 17.3 Å². The van der Waals surface area contributed by atoms with Gasteiger partial charge in [-0.25, -0.2) is 0 Å². The lowest BCUT2D eigenvalue weighted by Gasteiger charge is -2.64. The van der Waals surface area contributed by atoms with Gasteiger partial charge in [-0.2, -0.15) is 0 Å². The van der Waals surface area contributed by atoms with Crippen LogP contribution in [0.3, 0.4) is 0 Å². The second-order valence-corrected chi connectivity index (χ2v) is 6.91. The molecule has 0 aromatic heterocycles. The van der Waals surface area contributed by atoms with Crippen molar-refractivity contribution in [2.45, 2.75) is 64.6 Å². The first kappa shape index (κ1) is 12.0. The molecule has 2 N–H and O–H groups in total. The highest BCUT2D eigenvalue weighted by molar-refractivity contribution is 6.47.